The highest BCUT2D eigenvalue weighted by atomic mass is 19.1. The maximum Gasteiger partial charge on any atom is 0.277 e. The third-order valence-electron chi connectivity index (χ3n) is 2.49. The van der Waals surface area contributed by atoms with Gasteiger partial charge in [-0.2, -0.15) is 10.2 Å². The minimum absolute atomic E-state index is 0.138. The van der Waals surface area contributed by atoms with Gasteiger partial charge in [-0.1, -0.05) is 0 Å². The topological polar surface area (TPSA) is 86.5 Å². The Kier molecular flexibility index (Phi) is 2.30. The van der Waals surface area contributed by atoms with Gasteiger partial charge in [0.2, 0.25) is 0 Å². The van der Waals surface area contributed by atoms with E-state index in [1.54, 1.807) is 6.07 Å². The van der Waals surface area contributed by atoms with Crippen LogP contribution < -0.4 is 5.32 Å². The van der Waals surface area contributed by atoms with Crippen LogP contribution in [0.4, 0.5) is 10.2 Å². The van der Waals surface area contributed by atoms with Gasteiger partial charge in [0.15, 0.2) is 5.69 Å². The first-order valence-corrected chi connectivity index (χ1v) is 5.18. The number of carbonyl (C=O) groups is 1. The molecule has 0 aliphatic rings. The molecule has 6 nitrogen and oxygen atoms in total. The molecule has 2 heterocycles. The molecule has 18 heavy (non-hydrogen) atoms. The fraction of sp³-hybridized carbons (Fsp3) is 0. The first-order valence-electron chi connectivity index (χ1n) is 5.18. The summed E-state index contributed by atoms with van der Waals surface area (Å²) < 4.78 is 13.1. The number of amides is 1. The van der Waals surface area contributed by atoms with Crippen molar-refractivity contribution in [1.82, 2.24) is 20.4 Å². The summed E-state index contributed by atoms with van der Waals surface area (Å²) in [5.41, 5.74) is 0.741. The van der Waals surface area contributed by atoms with Gasteiger partial charge < -0.3 is 5.32 Å². The number of nitrogens with zero attached hydrogens (tertiary/aromatic N) is 2. The molecule has 2 aromatic heterocycles. The molecule has 0 aliphatic heterocycles. The molecule has 7 heteroatoms. The lowest BCUT2D eigenvalue weighted by Crippen LogP contribution is -2.13. The van der Waals surface area contributed by atoms with Crippen molar-refractivity contribution in [3.63, 3.8) is 0 Å². The van der Waals surface area contributed by atoms with Crippen LogP contribution in [0.5, 0.6) is 0 Å². The zero-order valence-corrected chi connectivity index (χ0v) is 9.07. The van der Waals surface area contributed by atoms with Crippen LogP contribution in [-0.2, 0) is 0 Å². The molecule has 90 valence electrons. The van der Waals surface area contributed by atoms with Crippen LogP contribution in [0.15, 0.2) is 30.5 Å². The lowest BCUT2D eigenvalue weighted by molar-refractivity contribution is 0.102. The van der Waals surface area contributed by atoms with E-state index in [9.17, 15) is 9.18 Å². The number of nitrogens with one attached hydrogen (secondary N) is 3. The zero-order valence-electron chi connectivity index (χ0n) is 9.07. The van der Waals surface area contributed by atoms with Crippen LogP contribution in [0.25, 0.3) is 10.9 Å². The Hall–Kier alpha value is -2.70. The molecule has 0 aliphatic carbocycles. The van der Waals surface area contributed by atoms with E-state index < -0.39 is 11.7 Å². The number of H-pyrrole nitrogens is 2. The predicted octanol–water partition coefficient (Wildman–Crippen LogP) is 1.68. The Morgan fingerprint density at radius 2 is 2.17 bits per heavy atom. The summed E-state index contributed by atoms with van der Waals surface area (Å²) >= 11 is 0. The molecular weight excluding hydrogens is 237 g/mol. The Labute approximate surface area is 100 Å². The molecule has 0 radical (unpaired) electrons. The molecule has 0 bridgehead atoms. The van der Waals surface area contributed by atoms with Crippen molar-refractivity contribution in [2.45, 2.75) is 0 Å². The van der Waals surface area contributed by atoms with Crippen molar-refractivity contribution in [3.05, 3.63) is 42.0 Å². The number of halogens is 1. The van der Waals surface area contributed by atoms with Crippen molar-refractivity contribution in [3.8, 4) is 0 Å². The Balaban J connectivity index is 1.98. The molecule has 3 rings (SSSR count). The van der Waals surface area contributed by atoms with E-state index in [-0.39, 0.29) is 5.69 Å². The zero-order chi connectivity index (χ0) is 12.5. The molecule has 0 fully saturated rings. The maximum absolute atomic E-state index is 13.1. The van der Waals surface area contributed by atoms with Crippen LogP contribution in [0, 0.1) is 5.82 Å². The highest BCUT2D eigenvalue weighted by molar-refractivity contribution is 6.10. The van der Waals surface area contributed by atoms with Gasteiger partial charge in [0, 0.05) is 11.5 Å². The summed E-state index contributed by atoms with van der Waals surface area (Å²) in [5, 5.41) is 15.9. The summed E-state index contributed by atoms with van der Waals surface area (Å²) in [5.74, 6) is -0.400. The fourth-order valence-electron chi connectivity index (χ4n) is 1.67. The first-order chi connectivity index (χ1) is 8.74. The van der Waals surface area contributed by atoms with Gasteiger partial charge in [-0.25, -0.2) is 4.39 Å². The molecule has 3 N–H and O–H groups in total. The average Bonchev–Trinajstić information content (AvgIpc) is 2.97. The number of fused-ring (bicyclic) bond motifs is 1. The lowest BCUT2D eigenvalue weighted by atomic mass is 10.2. The number of aromatic nitrogens is 4. The van der Waals surface area contributed by atoms with E-state index in [0.717, 1.165) is 0 Å². The number of hydrogen-bond donors (Lipinski definition) is 3. The van der Waals surface area contributed by atoms with Crippen LogP contribution >= 0.6 is 0 Å². The van der Waals surface area contributed by atoms with E-state index in [1.807, 2.05) is 0 Å². The minimum Gasteiger partial charge on any atom is -0.306 e. The second kappa shape index (κ2) is 3.95. The molecule has 0 spiro atoms. The molecular formula is C11H8FN5O. The third kappa shape index (κ3) is 1.71. The van der Waals surface area contributed by atoms with Gasteiger partial charge in [0.05, 0.1) is 11.7 Å². The predicted molar refractivity (Wildman–Crippen MR) is 62.6 cm³/mol. The summed E-state index contributed by atoms with van der Waals surface area (Å²) in [6, 6.07) is 5.70. The molecule has 1 aromatic carbocycles. The Morgan fingerprint density at radius 3 is 2.94 bits per heavy atom. The second-order valence-electron chi connectivity index (χ2n) is 3.69. The standard InChI is InChI=1S/C11H8FN5O/c12-6-1-2-8-7(5-6)10(17-15-8)11(18)14-9-3-4-13-16-9/h1-5H,(H,15,17)(H2,13,14,16,18). The lowest BCUT2D eigenvalue weighted by Gasteiger charge is -1.99. The molecule has 0 atom stereocenters. The Bertz CT molecular complexity index is 703. The fourth-order valence-corrected chi connectivity index (χ4v) is 1.67. The summed E-state index contributed by atoms with van der Waals surface area (Å²) in [6.45, 7) is 0. The van der Waals surface area contributed by atoms with Gasteiger partial charge in [0.1, 0.15) is 11.6 Å². The third-order valence-corrected chi connectivity index (χ3v) is 2.49. The quantitative estimate of drug-likeness (QED) is 0.642. The first kappa shape index (κ1) is 10.5. The van der Waals surface area contributed by atoms with Crippen molar-refractivity contribution in [2.24, 2.45) is 0 Å². The molecule has 0 unspecified atom stereocenters. The number of carbonyl (C=O) groups excluding carboxylic acids is 1. The summed E-state index contributed by atoms with van der Waals surface area (Å²) in [7, 11) is 0. The van der Waals surface area contributed by atoms with Gasteiger partial charge in [0.25, 0.3) is 5.91 Å². The van der Waals surface area contributed by atoms with Crippen molar-refractivity contribution in [2.75, 3.05) is 5.32 Å². The van der Waals surface area contributed by atoms with Crippen LogP contribution in [0.1, 0.15) is 10.5 Å². The van der Waals surface area contributed by atoms with E-state index >= 15 is 0 Å². The monoisotopic (exact) mass is 245 g/mol. The number of hydrogen-bond acceptors (Lipinski definition) is 3. The molecule has 1 amide bonds. The van der Waals surface area contributed by atoms with Gasteiger partial charge in [-0.15, -0.1) is 0 Å². The normalized spacial score (nSPS) is 10.7. The molecule has 0 saturated carbocycles. The summed E-state index contributed by atoms with van der Waals surface area (Å²) in [4.78, 5) is 11.9. The van der Waals surface area contributed by atoms with E-state index in [4.69, 9.17) is 0 Å². The van der Waals surface area contributed by atoms with Gasteiger partial charge in [-0.3, -0.25) is 15.0 Å². The van der Waals surface area contributed by atoms with Crippen molar-refractivity contribution in [1.29, 1.82) is 0 Å². The maximum atomic E-state index is 13.1. The smallest absolute Gasteiger partial charge is 0.277 e. The number of rotatable bonds is 2. The SMILES string of the molecule is O=C(Nc1ccn[nH]1)c1n[nH]c2ccc(F)cc12. The number of aromatic amines is 2. The largest absolute Gasteiger partial charge is 0.306 e. The summed E-state index contributed by atoms with van der Waals surface area (Å²) in [6.07, 6.45) is 1.51. The minimum atomic E-state index is -0.434. The average molecular weight is 245 g/mol. The highest BCUT2D eigenvalue weighted by Gasteiger charge is 2.15. The van der Waals surface area contributed by atoms with Crippen molar-refractivity contribution < 1.29 is 9.18 Å². The van der Waals surface area contributed by atoms with E-state index in [1.165, 1.54) is 24.4 Å². The van der Waals surface area contributed by atoms with E-state index in [0.29, 0.717) is 16.7 Å². The highest BCUT2D eigenvalue weighted by Crippen LogP contribution is 2.18. The van der Waals surface area contributed by atoms with Gasteiger partial charge >= 0.3 is 0 Å². The van der Waals surface area contributed by atoms with Gasteiger partial charge in [-0.05, 0) is 18.2 Å². The van der Waals surface area contributed by atoms with Crippen molar-refractivity contribution >= 4 is 22.6 Å². The molecule has 0 saturated heterocycles. The van der Waals surface area contributed by atoms with Crippen LogP contribution in [-0.4, -0.2) is 26.3 Å². The molecule has 3 aromatic rings. The second-order valence-corrected chi connectivity index (χ2v) is 3.69. The van der Waals surface area contributed by atoms with E-state index in [2.05, 4.69) is 25.7 Å². The Morgan fingerprint density at radius 1 is 1.28 bits per heavy atom. The number of anilines is 1. The van der Waals surface area contributed by atoms with Crippen LogP contribution in [0.2, 0.25) is 0 Å². The van der Waals surface area contributed by atoms with Crippen LogP contribution in [0.3, 0.4) is 0 Å². The number of benzene rings is 1.